The Labute approximate surface area is 114 Å². The molecule has 0 N–H and O–H groups in total. The van der Waals surface area contributed by atoms with Gasteiger partial charge in [0.25, 0.3) is 0 Å². The van der Waals surface area contributed by atoms with Gasteiger partial charge in [-0.1, -0.05) is 29.3 Å². The van der Waals surface area contributed by atoms with Crippen molar-refractivity contribution >= 4 is 39.0 Å². The van der Waals surface area contributed by atoms with Gasteiger partial charge >= 0.3 is 0 Å². The van der Waals surface area contributed by atoms with E-state index in [0.717, 1.165) is 11.5 Å². The topological polar surface area (TPSA) is 29.0 Å². The maximum absolute atomic E-state index is 5.95. The van der Waals surface area contributed by atoms with E-state index in [1.165, 1.54) is 11.9 Å². The van der Waals surface area contributed by atoms with Gasteiger partial charge in [0.15, 0.2) is 5.82 Å². The fourth-order valence-electron chi connectivity index (χ4n) is 1.46. The first kappa shape index (κ1) is 12.3. The zero-order valence-electron chi connectivity index (χ0n) is 9.48. The molecule has 0 amide bonds. The van der Waals surface area contributed by atoms with Gasteiger partial charge in [-0.05, 0) is 35.0 Å². The standard InChI is InChI=1S/C12H11BrClN3/c1-8-3-5-9(6-4-8)17(2)12-10(13)11(14)15-7-16-12/h3-7H,1-2H3. The van der Waals surface area contributed by atoms with Crippen LogP contribution in [0.1, 0.15) is 5.56 Å². The first-order valence-electron chi connectivity index (χ1n) is 5.06. The summed E-state index contributed by atoms with van der Waals surface area (Å²) in [5.41, 5.74) is 2.27. The van der Waals surface area contributed by atoms with Gasteiger partial charge in [0.05, 0.1) is 4.47 Å². The molecule has 2 rings (SSSR count). The van der Waals surface area contributed by atoms with Crippen molar-refractivity contribution in [1.82, 2.24) is 9.97 Å². The van der Waals surface area contributed by atoms with E-state index in [1.54, 1.807) is 0 Å². The highest BCUT2D eigenvalue weighted by atomic mass is 79.9. The predicted molar refractivity (Wildman–Crippen MR) is 74.0 cm³/mol. The van der Waals surface area contributed by atoms with Crippen LogP contribution in [0.3, 0.4) is 0 Å². The summed E-state index contributed by atoms with van der Waals surface area (Å²) in [5.74, 6) is 0.744. The molecule has 0 fully saturated rings. The quantitative estimate of drug-likeness (QED) is 0.786. The molecule has 0 aliphatic carbocycles. The fourth-order valence-corrected chi connectivity index (χ4v) is 2.06. The van der Waals surface area contributed by atoms with Crippen molar-refractivity contribution in [3.8, 4) is 0 Å². The van der Waals surface area contributed by atoms with Crippen LogP contribution >= 0.6 is 27.5 Å². The number of anilines is 2. The Morgan fingerprint density at radius 3 is 2.47 bits per heavy atom. The molecule has 0 bridgehead atoms. The van der Waals surface area contributed by atoms with Gasteiger partial charge in [-0.25, -0.2) is 9.97 Å². The van der Waals surface area contributed by atoms with Gasteiger partial charge in [0.2, 0.25) is 0 Å². The molecule has 0 atom stereocenters. The zero-order valence-corrected chi connectivity index (χ0v) is 11.8. The number of hydrogen-bond acceptors (Lipinski definition) is 3. The van der Waals surface area contributed by atoms with Crippen molar-refractivity contribution in [2.75, 3.05) is 11.9 Å². The number of hydrogen-bond donors (Lipinski definition) is 0. The first-order chi connectivity index (χ1) is 8.09. The molecule has 0 radical (unpaired) electrons. The molecular formula is C12H11BrClN3. The number of benzene rings is 1. The summed E-state index contributed by atoms with van der Waals surface area (Å²) in [6, 6.07) is 8.20. The maximum Gasteiger partial charge on any atom is 0.152 e. The molecule has 1 aromatic carbocycles. The average molecular weight is 313 g/mol. The average Bonchev–Trinajstić information content (AvgIpc) is 2.33. The summed E-state index contributed by atoms with van der Waals surface area (Å²) < 4.78 is 0.699. The minimum atomic E-state index is 0.411. The Morgan fingerprint density at radius 1 is 1.18 bits per heavy atom. The molecule has 17 heavy (non-hydrogen) atoms. The molecular weight excluding hydrogens is 302 g/mol. The number of aromatic nitrogens is 2. The van der Waals surface area contributed by atoms with Gasteiger partial charge in [0, 0.05) is 12.7 Å². The van der Waals surface area contributed by atoms with Gasteiger partial charge in [-0.3, -0.25) is 0 Å². The summed E-state index contributed by atoms with van der Waals surface area (Å²) in [6.45, 7) is 2.06. The van der Waals surface area contributed by atoms with Crippen LogP contribution in [0.4, 0.5) is 11.5 Å². The summed E-state index contributed by atoms with van der Waals surface area (Å²) in [4.78, 5) is 10.1. The molecule has 0 aliphatic heterocycles. The smallest absolute Gasteiger partial charge is 0.152 e. The van der Waals surface area contributed by atoms with Crippen molar-refractivity contribution in [3.05, 3.63) is 45.8 Å². The highest BCUT2D eigenvalue weighted by Gasteiger charge is 2.12. The molecule has 0 unspecified atom stereocenters. The van der Waals surface area contributed by atoms with Gasteiger partial charge in [0.1, 0.15) is 11.5 Å². The van der Waals surface area contributed by atoms with Crippen molar-refractivity contribution in [2.24, 2.45) is 0 Å². The van der Waals surface area contributed by atoms with Crippen LogP contribution in [0.2, 0.25) is 5.15 Å². The SMILES string of the molecule is Cc1ccc(N(C)c2ncnc(Cl)c2Br)cc1. The van der Waals surface area contributed by atoms with Crippen LogP contribution < -0.4 is 4.90 Å². The number of halogens is 2. The molecule has 0 saturated carbocycles. The van der Waals surface area contributed by atoms with Crippen LogP contribution in [0.5, 0.6) is 0 Å². The fraction of sp³-hybridized carbons (Fsp3) is 0.167. The number of rotatable bonds is 2. The minimum Gasteiger partial charge on any atom is -0.328 e. The Morgan fingerprint density at radius 2 is 1.82 bits per heavy atom. The lowest BCUT2D eigenvalue weighted by Crippen LogP contribution is -2.12. The summed E-state index contributed by atoms with van der Waals surface area (Å²) in [6.07, 6.45) is 1.45. The Bertz CT molecular complexity index is 528. The third kappa shape index (κ3) is 2.58. The van der Waals surface area contributed by atoms with Crippen LogP contribution in [0, 0.1) is 6.92 Å². The van der Waals surface area contributed by atoms with Crippen LogP contribution in [-0.4, -0.2) is 17.0 Å². The van der Waals surface area contributed by atoms with Crippen LogP contribution in [0.25, 0.3) is 0 Å². The second-order valence-electron chi connectivity index (χ2n) is 3.70. The van der Waals surface area contributed by atoms with E-state index in [4.69, 9.17) is 11.6 Å². The lowest BCUT2D eigenvalue weighted by molar-refractivity contribution is 1.07. The normalized spacial score (nSPS) is 10.4. The number of nitrogens with zero attached hydrogens (tertiary/aromatic N) is 3. The van der Waals surface area contributed by atoms with Crippen molar-refractivity contribution < 1.29 is 0 Å². The summed E-state index contributed by atoms with van der Waals surface area (Å²) in [7, 11) is 1.94. The van der Waals surface area contributed by atoms with E-state index < -0.39 is 0 Å². The zero-order chi connectivity index (χ0) is 12.4. The molecule has 0 saturated heterocycles. The third-order valence-electron chi connectivity index (χ3n) is 2.47. The minimum absolute atomic E-state index is 0.411. The highest BCUT2D eigenvalue weighted by Crippen LogP contribution is 2.32. The third-order valence-corrected chi connectivity index (χ3v) is 3.71. The van der Waals surface area contributed by atoms with E-state index >= 15 is 0 Å². The van der Waals surface area contributed by atoms with E-state index in [0.29, 0.717) is 9.63 Å². The monoisotopic (exact) mass is 311 g/mol. The molecule has 88 valence electrons. The molecule has 2 aromatic rings. The Hall–Kier alpha value is -1.13. The van der Waals surface area contributed by atoms with Gasteiger partial charge < -0.3 is 4.90 Å². The lowest BCUT2D eigenvalue weighted by Gasteiger charge is -2.19. The van der Waals surface area contributed by atoms with Crippen molar-refractivity contribution in [1.29, 1.82) is 0 Å². The van der Waals surface area contributed by atoms with Gasteiger partial charge in [-0.15, -0.1) is 0 Å². The molecule has 1 heterocycles. The van der Waals surface area contributed by atoms with Crippen molar-refractivity contribution in [2.45, 2.75) is 6.92 Å². The van der Waals surface area contributed by atoms with E-state index in [9.17, 15) is 0 Å². The summed E-state index contributed by atoms with van der Waals surface area (Å²) in [5, 5.41) is 0.411. The Balaban J connectivity index is 2.40. The first-order valence-corrected chi connectivity index (χ1v) is 6.23. The van der Waals surface area contributed by atoms with Crippen LogP contribution in [-0.2, 0) is 0 Å². The molecule has 0 aliphatic rings. The van der Waals surface area contributed by atoms with Crippen molar-refractivity contribution in [3.63, 3.8) is 0 Å². The van der Waals surface area contributed by atoms with E-state index in [-0.39, 0.29) is 0 Å². The number of aryl methyl sites for hydroxylation is 1. The van der Waals surface area contributed by atoms with E-state index in [1.807, 2.05) is 24.1 Å². The lowest BCUT2D eigenvalue weighted by atomic mass is 10.2. The molecule has 3 nitrogen and oxygen atoms in total. The Kier molecular flexibility index (Phi) is 3.64. The second kappa shape index (κ2) is 5.02. The maximum atomic E-state index is 5.95. The molecule has 5 heteroatoms. The van der Waals surface area contributed by atoms with Crippen LogP contribution in [0.15, 0.2) is 35.1 Å². The largest absolute Gasteiger partial charge is 0.328 e. The predicted octanol–water partition coefficient (Wildman–Crippen LogP) is 3.97. The summed E-state index contributed by atoms with van der Waals surface area (Å²) >= 11 is 9.34. The van der Waals surface area contributed by atoms with E-state index in [2.05, 4.69) is 45.0 Å². The van der Waals surface area contributed by atoms with Gasteiger partial charge in [-0.2, -0.15) is 0 Å². The second-order valence-corrected chi connectivity index (χ2v) is 4.85. The molecule has 0 spiro atoms. The highest BCUT2D eigenvalue weighted by molar-refractivity contribution is 9.10. The molecule has 1 aromatic heterocycles.